The lowest BCUT2D eigenvalue weighted by atomic mass is 9.89. The number of anilines is 1. The zero-order valence-corrected chi connectivity index (χ0v) is 13.3. The second-order valence-corrected chi connectivity index (χ2v) is 6.65. The van der Waals surface area contributed by atoms with Gasteiger partial charge in [-0.15, -0.1) is 0 Å². The summed E-state index contributed by atoms with van der Waals surface area (Å²) < 4.78 is 0. The number of carbonyl (C=O) groups is 2. The van der Waals surface area contributed by atoms with E-state index >= 15 is 0 Å². The summed E-state index contributed by atoms with van der Waals surface area (Å²) >= 11 is 5.85. The molecule has 1 atom stereocenters. The molecule has 0 spiro atoms. The van der Waals surface area contributed by atoms with Gasteiger partial charge in [0.2, 0.25) is 5.91 Å². The van der Waals surface area contributed by atoms with Crippen LogP contribution in [0.3, 0.4) is 0 Å². The van der Waals surface area contributed by atoms with E-state index in [1.165, 1.54) is 37.0 Å². The molecule has 0 bridgehead atoms. The van der Waals surface area contributed by atoms with Crippen molar-refractivity contribution >= 4 is 29.1 Å². The maximum atomic E-state index is 12.5. The molecule has 1 aliphatic carbocycles. The summed E-state index contributed by atoms with van der Waals surface area (Å²) in [6.45, 7) is 0.831. The molecule has 2 amide bonds. The lowest BCUT2D eigenvalue weighted by molar-refractivity contribution is -0.121. The Kier molecular flexibility index (Phi) is 4.79. The Hall–Kier alpha value is -1.39. The van der Waals surface area contributed by atoms with Crippen LogP contribution in [-0.2, 0) is 9.59 Å². The van der Waals surface area contributed by atoms with E-state index in [1.807, 2.05) is 0 Å². The molecule has 1 saturated carbocycles. The number of nitrogens with one attached hydrogen (secondary N) is 1. The third kappa shape index (κ3) is 3.33. The minimum atomic E-state index is -0.384. The summed E-state index contributed by atoms with van der Waals surface area (Å²) in [6, 6.07) is 6.43. The Morgan fingerprint density at radius 2 is 1.77 bits per heavy atom. The molecule has 1 aromatic rings. The molecule has 0 aromatic heterocycles. The average molecular weight is 321 g/mol. The zero-order chi connectivity index (χ0) is 15.5. The van der Waals surface area contributed by atoms with Crippen LogP contribution in [0.25, 0.3) is 0 Å². The normalized spacial score (nSPS) is 23.3. The van der Waals surface area contributed by atoms with Crippen LogP contribution < -0.4 is 10.2 Å². The second kappa shape index (κ2) is 6.80. The highest BCUT2D eigenvalue weighted by Gasteiger charge is 2.39. The lowest BCUT2D eigenvalue weighted by Crippen LogP contribution is -2.41. The van der Waals surface area contributed by atoms with E-state index in [0.717, 1.165) is 6.54 Å². The summed E-state index contributed by atoms with van der Waals surface area (Å²) in [5.74, 6) is 0.345. The van der Waals surface area contributed by atoms with Crippen LogP contribution in [0.5, 0.6) is 0 Å². The summed E-state index contributed by atoms with van der Waals surface area (Å²) in [5, 5.41) is 3.90. The molecule has 0 unspecified atom stereocenters. The second-order valence-electron chi connectivity index (χ2n) is 6.21. The summed E-state index contributed by atoms with van der Waals surface area (Å²) in [6.07, 6.45) is 6.57. The van der Waals surface area contributed by atoms with Crippen LogP contribution in [0.1, 0.15) is 38.5 Å². The Labute approximate surface area is 135 Å². The van der Waals surface area contributed by atoms with E-state index in [4.69, 9.17) is 11.6 Å². The molecule has 1 heterocycles. The number of rotatable bonds is 4. The maximum absolute atomic E-state index is 12.5. The van der Waals surface area contributed by atoms with E-state index in [-0.39, 0.29) is 24.3 Å². The largest absolute Gasteiger partial charge is 0.305 e. The van der Waals surface area contributed by atoms with Crippen molar-refractivity contribution in [1.29, 1.82) is 0 Å². The molecule has 1 aliphatic heterocycles. The fraction of sp³-hybridized carbons (Fsp3) is 0.529. The minimum absolute atomic E-state index is 0.145. The number of amides is 2. The molecule has 1 saturated heterocycles. The highest BCUT2D eigenvalue weighted by atomic mass is 35.5. The van der Waals surface area contributed by atoms with Gasteiger partial charge in [0, 0.05) is 5.02 Å². The van der Waals surface area contributed by atoms with Crippen molar-refractivity contribution < 1.29 is 9.59 Å². The quantitative estimate of drug-likeness (QED) is 0.867. The molecular weight excluding hydrogens is 300 g/mol. The van der Waals surface area contributed by atoms with Crippen molar-refractivity contribution in [1.82, 2.24) is 5.32 Å². The van der Waals surface area contributed by atoms with Gasteiger partial charge < -0.3 is 5.32 Å². The minimum Gasteiger partial charge on any atom is -0.305 e. The smallest absolute Gasteiger partial charge is 0.251 e. The van der Waals surface area contributed by atoms with Crippen molar-refractivity contribution in [3.63, 3.8) is 0 Å². The number of imide groups is 1. The molecule has 5 heteroatoms. The van der Waals surface area contributed by atoms with Crippen molar-refractivity contribution in [2.45, 2.75) is 44.6 Å². The van der Waals surface area contributed by atoms with Gasteiger partial charge in [-0.1, -0.05) is 30.9 Å². The fourth-order valence-electron chi connectivity index (χ4n) is 3.35. The van der Waals surface area contributed by atoms with Crippen molar-refractivity contribution in [2.75, 3.05) is 11.4 Å². The summed E-state index contributed by atoms with van der Waals surface area (Å²) in [4.78, 5) is 25.9. The van der Waals surface area contributed by atoms with Gasteiger partial charge in [0.1, 0.15) is 0 Å². The molecule has 2 aliphatic rings. The lowest BCUT2D eigenvalue weighted by Gasteiger charge is -2.23. The highest BCUT2D eigenvalue weighted by molar-refractivity contribution is 6.30. The predicted molar refractivity (Wildman–Crippen MR) is 86.9 cm³/mol. The molecule has 3 rings (SSSR count). The monoisotopic (exact) mass is 320 g/mol. The van der Waals surface area contributed by atoms with E-state index in [0.29, 0.717) is 16.6 Å². The number of hydrogen-bond acceptors (Lipinski definition) is 3. The van der Waals surface area contributed by atoms with Gasteiger partial charge in [0.15, 0.2) is 0 Å². The summed E-state index contributed by atoms with van der Waals surface area (Å²) in [7, 11) is 0. The number of nitrogens with zero attached hydrogens (tertiary/aromatic N) is 1. The van der Waals surface area contributed by atoms with Gasteiger partial charge in [-0.05, 0) is 49.6 Å². The van der Waals surface area contributed by atoms with Gasteiger partial charge in [-0.25, -0.2) is 4.90 Å². The van der Waals surface area contributed by atoms with E-state index in [1.54, 1.807) is 24.3 Å². The van der Waals surface area contributed by atoms with Gasteiger partial charge in [-0.2, -0.15) is 0 Å². The van der Waals surface area contributed by atoms with Crippen molar-refractivity contribution in [3.05, 3.63) is 29.3 Å². The average Bonchev–Trinajstić information content (AvgIpc) is 2.82. The van der Waals surface area contributed by atoms with Crippen LogP contribution >= 0.6 is 11.6 Å². The van der Waals surface area contributed by atoms with Gasteiger partial charge in [-0.3, -0.25) is 9.59 Å². The van der Waals surface area contributed by atoms with Gasteiger partial charge >= 0.3 is 0 Å². The molecule has 4 nitrogen and oxygen atoms in total. The first-order valence-electron chi connectivity index (χ1n) is 8.01. The molecule has 22 heavy (non-hydrogen) atoms. The Bertz CT molecular complexity index is 552. The topological polar surface area (TPSA) is 49.4 Å². The highest BCUT2D eigenvalue weighted by Crippen LogP contribution is 2.26. The van der Waals surface area contributed by atoms with Gasteiger partial charge in [0.25, 0.3) is 5.91 Å². The molecule has 118 valence electrons. The number of halogens is 1. The molecule has 1 aromatic carbocycles. The third-order valence-electron chi connectivity index (χ3n) is 4.61. The Morgan fingerprint density at radius 1 is 1.09 bits per heavy atom. The molecule has 0 radical (unpaired) electrons. The first kappa shape index (κ1) is 15.5. The Balaban J connectivity index is 1.62. The first-order valence-corrected chi connectivity index (χ1v) is 8.38. The van der Waals surface area contributed by atoms with Crippen molar-refractivity contribution in [2.24, 2.45) is 5.92 Å². The van der Waals surface area contributed by atoms with Crippen molar-refractivity contribution in [3.8, 4) is 0 Å². The predicted octanol–water partition coefficient (Wildman–Crippen LogP) is 3.14. The van der Waals surface area contributed by atoms with Crippen LogP contribution in [-0.4, -0.2) is 24.4 Å². The third-order valence-corrected chi connectivity index (χ3v) is 4.86. The van der Waals surface area contributed by atoms with E-state index in [2.05, 4.69) is 5.32 Å². The fourth-order valence-corrected chi connectivity index (χ4v) is 3.48. The summed E-state index contributed by atoms with van der Waals surface area (Å²) in [5.41, 5.74) is 0.598. The standard InChI is InChI=1S/C17H21ClN2O2/c18-13-6-8-14(9-7-13)20-16(21)10-15(17(20)22)19-11-12-4-2-1-3-5-12/h6-9,12,15,19H,1-5,10-11H2/t15-/m1/s1. The number of hydrogen-bond donors (Lipinski definition) is 1. The van der Waals surface area contributed by atoms with Gasteiger partial charge in [0.05, 0.1) is 18.2 Å². The Morgan fingerprint density at radius 3 is 2.45 bits per heavy atom. The maximum Gasteiger partial charge on any atom is 0.251 e. The zero-order valence-electron chi connectivity index (χ0n) is 12.6. The molecule has 2 fully saturated rings. The number of carbonyl (C=O) groups excluding carboxylic acids is 2. The van der Waals surface area contributed by atoms with Crippen LogP contribution in [0.2, 0.25) is 5.02 Å². The SMILES string of the molecule is O=C1C[C@@H](NCC2CCCCC2)C(=O)N1c1ccc(Cl)cc1. The molecular formula is C17H21ClN2O2. The van der Waals surface area contributed by atoms with E-state index in [9.17, 15) is 9.59 Å². The van der Waals surface area contributed by atoms with E-state index < -0.39 is 0 Å². The van der Waals surface area contributed by atoms with Crippen LogP contribution in [0, 0.1) is 5.92 Å². The first-order chi connectivity index (χ1) is 10.6. The molecule has 1 N–H and O–H groups in total. The van der Waals surface area contributed by atoms with Crippen LogP contribution in [0.4, 0.5) is 5.69 Å². The van der Waals surface area contributed by atoms with Crippen LogP contribution in [0.15, 0.2) is 24.3 Å². The number of benzene rings is 1.